The van der Waals surface area contributed by atoms with Gasteiger partial charge in [0.05, 0.1) is 25.4 Å². The number of alkyl halides is 3. The van der Waals surface area contributed by atoms with Crippen LogP contribution < -0.4 is 0 Å². The second-order valence-corrected chi connectivity index (χ2v) is 7.04. The standard InChI is InChI=1S/C18H19F3N2O3/c19-18(20,21)7-6-15(24)22-9-8-17-14(22)10-16(25)23(17)11-13(26-17)12-4-2-1-3-5-12/h1-5,13-14H,6-11H2/t13-,14-,17+/m1/s1. The van der Waals surface area contributed by atoms with Gasteiger partial charge in [-0.2, -0.15) is 13.2 Å². The van der Waals surface area contributed by atoms with Gasteiger partial charge in [0.2, 0.25) is 11.8 Å². The molecule has 3 aliphatic rings. The van der Waals surface area contributed by atoms with Crippen molar-refractivity contribution in [1.82, 2.24) is 9.80 Å². The number of rotatable bonds is 3. The Labute approximate surface area is 148 Å². The van der Waals surface area contributed by atoms with Crippen molar-refractivity contribution in [3.63, 3.8) is 0 Å². The minimum atomic E-state index is -4.37. The molecular weight excluding hydrogens is 349 g/mol. The van der Waals surface area contributed by atoms with Crippen LogP contribution in [0.15, 0.2) is 30.3 Å². The Kier molecular flexibility index (Phi) is 3.98. The summed E-state index contributed by atoms with van der Waals surface area (Å²) in [6.07, 6.45) is -5.84. The topological polar surface area (TPSA) is 49.9 Å². The zero-order valence-corrected chi connectivity index (χ0v) is 14.0. The Balaban J connectivity index is 1.53. The summed E-state index contributed by atoms with van der Waals surface area (Å²) in [6, 6.07) is 9.00. The predicted octanol–water partition coefficient (Wildman–Crippen LogP) is 2.63. The lowest BCUT2D eigenvalue weighted by atomic mass is 10.1. The molecule has 0 aromatic heterocycles. The van der Waals surface area contributed by atoms with Gasteiger partial charge in [-0.25, -0.2) is 0 Å². The number of benzene rings is 1. The molecule has 0 aliphatic carbocycles. The third-order valence-electron chi connectivity index (χ3n) is 5.54. The Bertz CT molecular complexity index is 724. The predicted molar refractivity (Wildman–Crippen MR) is 84.7 cm³/mol. The molecule has 3 aliphatic heterocycles. The molecule has 8 heteroatoms. The van der Waals surface area contributed by atoms with E-state index in [2.05, 4.69) is 0 Å². The van der Waals surface area contributed by atoms with Crippen molar-refractivity contribution < 1.29 is 27.5 Å². The average Bonchev–Trinajstić information content (AvgIpc) is 3.22. The molecule has 1 spiro atoms. The minimum absolute atomic E-state index is 0.109. The number of ether oxygens (including phenoxy) is 1. The SMILES string of the molecule is O=C(CCC(F)(F)F)N1CC[C@@]23O[C@@H](c4ccccc4)CN2C(=O)C[C@@H]13. The van der Waals surface area contributed by atoms with E-state index in [4.69, 9.17) is 4.74 Å². The lowest BCUT2D eigenvalue weighted by Gasteiger charge is -2.32. The van der Waals surface area contributed by atoms with Gasteiger partial charge < -0.3 is 14.5 Å². The highest BCUT2D eigenvalue weighted by Gasteiger charge is 2.64. The lowest BCUT2D eigenvalue weighted by molar-refractivity contribution is -0.152. The molecule has 3 fully saturated rings. The minimum Gasteiger partial charge on any atom is -0.343 e. The van der Waals surface area contributed by atoms with Crippen LogP contribution in [0, 0.1) is 0 Å². The molecule has 5 nitrogen and oxygen atoms in total. The van der Waals surface area contributed by atoms with E-state index < -0.39 is 36.7 Å². The van der Waals surface area contributed by atoms with Gasteiger partial charge in [-0.05, 0) is 5.56 Å². The molecule has 2 amide bonds. The van der Waals surface area contributed by atoms with E-state index in [9.17, 15) is 22.8 Å². The van der Waals surface area contributed by atoms with Gasteiger partial charge >= 0.3 is 6.18 Å². The molecule has 26 heavy (non-hydrogen) atoms. The van der Waals surface area contributed by atoms with Crippen molar-refractivity contribution >= 4 is 11.8 Å². The third kappa shape index (κ3) is 2.76. The van der Waals surface area contributed by atoms with E-state index in [1.54, 1.807) is 4.90 Å². The lowest BCUT2D eigenvalue weighted by Crippen LogP contribution is -2.48. The fraction of sp³-hybridized carbons (Fsp3) is 0.556. The smallest absolute Gasteiger partial charge is 0.343 e. The Morgan fingerprint density at radius 3 is 2.69 bits per heavy atom. The molecule has 0 bridgehead atoms. The first kappa shape index (κ1) is 17.3. The zero-order chi connectivity index (χ0) is 18.5. The Hall–Kier alpha value is -2.09. The monoisotopic (exact) mass is 368 g/mol. The molecule has 1 aromatic carbocycles. The van der Waals surface area contributed by atoms with Crippen LogP contribution in [0.2, 0.25) is 0 Å². The second-order valence-electron chi connectivity index (χ2n) is 7.04. The van der Waals surface area contributed by atoms with Crippen LogP contribution >= 0.6 is 0 Å². The molecular formula is C18H19F3N2O3. The zero-order valence-electron chi connectivity index (χ0n) is 14.0. The summed E-state index contributed by atoms with van der Waals surface area (Å²) in [4.78, 5) is 27.9. The van der Waals surface area contributed by atoms with E-state index in [-0.39, 0.29) is 18.4 Å². The Morgan fingerprint density at radius 1 is 1.27 bits per heavy atom. The van der Waals surface area contributed by atoms with Crippen LogP contribution in [0.4, 0.5) is 13.2 Å². The van der Waals surface area contributed by atoms with Crippen LogP contribution in [0.3, 0.4) is 0 Å². The number of nitrogens with zero attached hydrogens (tertiary/aromatic N) is 2. The van der Waals surface area contributed by atoms with Gasteiger partial charge in [0.15, 0.2) is 5.72 Å². The molecule has 0 N–H and O–H groups in total. The van der Waals surface area contributed by atoms with Crippen LogP contribution in [-0.4, -0.2) is 52.6 Å². The van der Waals surface area contributed by atoms with Crippen molar-refractivity contribution in [3.8, 4) is 0 Å². The highest BCUT2D eigenvalue weighted by Crippen LogP contribution is 2.50. The van der Waals surface area contributed by atoms with Crippen LogP contribution in [0.25, 0.3) is 0 Å². The number of likely N-dealkylation sites (tertiary alicyclic amines) is 1. The summed E-state index contributed by atoms with van der Waals surface area (Å²) in [5.41, 5.74) is 0.0514. The summed E-state index contributed by atoms with van der Waals surface area (Å²) in [6.45, 7) is 0.719. The second kappa shape index (κ2) is 5.97. The first-order chi connectivity index (χ1) is 12.3. The first-order valence-electron chi connectivity index (χ1n) is 8.70. The van der Waals surface area contributed by atoms with E-state index in [0.29, 0.717) is 19.5 Å². The van der Waals surface area contributed by atoms with Gasteiger partial charge in [-0.15, -0.1) is 0 Å². The summed E-state index contributed by atoms with van der Waals surface area (Å²) < 4.78 is 43.6. The van der Waals surface area contributed by atoms with Gasteiger partial charge in [0.1, 0.15) is 6.10 Å². The van der Waals surface area contributed by atoms with Crippen LogP contribution in [0.1, 0.15) is 37.4 Å². The molecule has 3 heterocycles. The number of hydrogen-bond donors (Lipinski definition) is 0. The normalized spacial score (nSPS) is 30.7. The maximum absolute atomic E-state index is 12.5. The quantitative estimate of drug-likeness (QED) is 0.824. The van der Waals surface area contributed by atoms with E-state index in [1.807, 2.05) is 30.3 Å². The number of halogens is 3. The number of carbonyl (C=O) groups is 2. The average molecular weight is 368 g/mol. The largest absolute Gasteiger partial charge is 0.389 e. The maximum Gasteiger partial charge on any atom is 0.389 e. The van der Waals surface area contributed by atoms with Crippen molar-refractivity contribution in [3.05, 3.63) is 35.9 Å². The molecule has 3 saturated heterocycles. The summed E-state index contributed by atoms with van der Waals surface area (Å²) in [5, 5.41) is 0. The van der Waals surface area contributed by atoms with Crippen molar-refractivity contribution in [2.24, 2.45) is 0 Å². The highest BCUT2D eigenvalue weighted by atomic mass is 19.4. The van der Waals surface area contributed by atoms with E-state index in [1.165, 1.54) is 4.90 Å². The van der Waals surface area contributed by atoms with Crippen molar-refractivity contribution in [1.29, 1.82) is 0 Å². The van der Waals surface area contributed by atoms with Crippen LogP contribution in [0.5, 0.6) is 0 Å². The van der Waals surface area contributed by atoms with Crippen molar-refractivity contribution in [2.45, 2.75) is 49.7 Å². The summed E-state index contributed by atoms with van der Waals surface area (Å²) in [7, 11) is 0. The molecule has 0 radical (unpaired) electrons. The maximum atomic E-state index is 12.5. The molecule has 0 saturated carbocycles. The number of carbonyl (C=O) groups excluding carboxylic acids is 2. The van der Waals surface area contributed by atoms with E-state index >= 15 is 0 Å². The van der Waals surface area contributed by atoms with E-state index in [0.717, 1.165) is 5.56 Å². The first-order valence-corrected chi connectivity index (χ1v) is 8.70. The van der Waals surface area contributed by atoms with Gasteiger partial charge in [-0.1, -0.05) is 30.3 Å². The third-order valence-corrected chi connectivity index (χ3v) is 5.54. The van der Waals surface area contributed by atoms with Crippen LogP contribution in [-0.2, 0) is 14.3 Å². The molecule has 3 atom stereocenters. The molecule has 4 rings (SSSR count). The fourth-order valence-corrected chi connectivity index (χ4v) is 4.36. The highest BCUT2D eigenvalue weighted by molar-refractivity contribution is 5.84. The fourth-order valence-electron chi connectivity index (χ4n) is 4.36. The summed E-state index contributed by atoms with van der Waals surface area (Å²) in [5.74, 6) is -0.674. The molecule has 140 valence electrons. The number of hydrogen-bond acceptors (Lipinski definition) is 3. The van der Waals surface area contributed by atoms with Gasteiger partial charge in [0.25, 0.3) is 0 Å². The summed E-state index contributed by atoms with van der Waals surface area (Å²) >= 11 is 0. The van der Waals surface area contributed by atoms with Gasteiger partial charge in [-0.3, -0.25) is 9.59 Å². The molecule has 1 aromatic rings. The van der Waals surface area contributed by atoms with Crippen molar-refractivity contribution in [2.75, 3.05) is 13.1 Å². The van der Waals surface area contributed by atoms with Gasteiger partial charge in [0, 0.05) is 19.4 Å². The molecule has 0 unspecified atom stereocenters. The number of amides is 2. The Morgan fingerprint density at radius 2 is 2.00 bits per heavy atom.